The van der Waals surface area contributed by atoms with Crippen LogP contribution in [0, 0.1) is 20.8 Å². The lowest BCUT2D eigenvalue weighted by atomic mass is 10.1. The summed E-state index contributed by atoms with van der Waals surface area (Å²) in [4.78, 5) is 0.166. The van der Waals surface area contributed by atoms with E-state index in [0.29, 0.717) is 17.9 Å². The summed E-state index contributed by atoms with van der Waals surface area (Å²) in [6, 6.07) is 19.1. The fourth-order valence-electron chi connectivity index (χ4n) is 3.49. The van der Waals surface area contributed by atoms with Crippen LogP contribution in [0.5, 0.6) is 0 Å². The maximum atomic E-state index is 13.1. The molecule has 4 rings (SSSR count). The molecule has 0 saturated heterocycles. The third-order valence-corrected chi connectivity index (χ3v) is 6.57. The second kappa shape index (κ2) is 7.79. The van der Waals surface area contributed by atoms with Crippen LogP contribution in [0.2, 0.25) is 0 Å². The molecule has 4 aromatic rings. The van der Waals surface area contributed by atoms with Gasteiger partial charge in [0, 0.05) is 12.3 Å². The number of para-hydroxylation sites is 1. The van der Waals surface area contributed by atoms with Crippen molar-refractivity contribution in [1.29, 1.82) is 0 Å². The molecule has 0 atom stereocenters. The zero-order valence-electron chi connectivity index (χ0n) is 17.1. The van der Waals surface area contributed by atoms with Gasteiger partial charge in [0.25, 0.3) is 10.0 Å². The molecule has 8 heteroatoms. The Morgan fingerprint density at radius 3 is 2.33 bits per heavy atom. The maximum Gasteiger partial charge on any atom is 0.266 e. The van der Waals surface area contributed by atoms with Gasteiger partial charge in [-0.15, -0.1) is 0 Å². The van der Waals surface area contributed by atoms with Gasteiger partial charge in [0.05, 0.1) is 23.6 Å². The van der Waals surface area contributed by atoms with Crippen LogP contribution in [0.4, 0.5) is 5.82 Å². The van der Waals surface area contributed by atoms with Crippen molar-refractivity contribution in [2.75, 3.05) is 4.72 Å². The molecular formula is C22H23N5O2S. The Balaban J connectivity index is 1.59. The van der Waals surface area contributed by atoms with Gasteiger partial charge in [0.2, 0.25) is 0 Å². The molecular weight excluding hydrogens is 398 g/mol. The Morgan fingerprint density at radius 2 is 1.60 bits per heavy atom. The topological polar surface area (TPSA) is 81.8 Å². The first-order valence-corrected chi connectivity index (χ1v) is 11.1. The summed E-state index contributed by atoms with van der Waals surface area (Å²) >= 11 is 0. The number of anilines is 1. The van der Waals surface area contributed by atoms with E-state index >= 15 is 0 Å². The number of aryl methyl sites for hydroxylation is 2. The fourth-order valence-corrected chi connectivity index (χ4v) is 4.88. The Bertz CT molecular complexity index is 1290. The van der Waals surface area contributed by atoms with Crippen LogP contribution >= 0.6 is 0 Å². The summed E-state index contributed by atoms with van der Waals surface area (Å²) in [5.74, 6) is 0.273. The minimum absolute atomic E-state index is 0.166. The van der Waals surface area contributed by atoms with Crippen LogP contribution in [0.25, 0.3) is 5.69 Å². The minimum Gasteiger partial charge on any atom is -0.266 e. The zero-order valence-corrected chi connectivity index (χ0v) is 17.9. The van der Waals surface area contributed by atoms with E-state index in [1.807, 2.05) is 61.5 Å². The average Bonchev–Trinajstić information content (AvgIpc) is 3.27. The van der Waals surface area contributed by atoms with E-state index in [1.165, 1.54) is 0 Å². The molecule has 0 saturated carbocycles. The van der Waals surface area contributed by atoms with Crippen LogP contribution in [0.3, 0.4) is 0 Å². The van der Waals surface area contributed by atoms with Gasteiger partial charge >= 0.3 is 0 Å². The number of nitrogens with one attached hydrogen (secondary N) is 1. The Hall–Kier alpha value is -3.39. The van der Waals surface area contributed by atoms with Gasteiger partial charge < -0.3 is 0 Å². The van der Waals surface area contributed by atoms with E-state index in [2.05, 4.69) is 14.9 Å². The second-order valence-corrected chi connectivity index (χ2v) is 8.80. The molecule has 0 aliphatic carbocycles. The lowest BCUT2D eigenvalue weighted by Gasteiger charge is -2.08. The number of aromatic nitrogens is 4. The Morgan fingerprint density at radius 1 is 0.900 bits per heavy atom. The first kappa shape index (κ1) is 19.9. The largest absolute Gasteiger partial charge is 0.266 e. The minimum atomic E-state index is -3.84. The Kier molecular flexibility index (Phi) is 5.17. The number of sulfonamides is 1. The van der Waals surface area contributed by atoms with Crippen molar-refractivity contribution in [2.45, 2.75) is 32.2 Å². The summed E-state index contributed by atoms with van der Waals surface area (Å²) in [7, 11) is -3.84. The number of hydrogen-bond acceptors (Lipinski definition) is 4. The summed E-state index contributed by atoms with van der Waals surface area (Å²) in [5.41, 5.74) is 4.08. The van der Waals surface area contributed by atoms with E-state index < -0.39 is 10.0 Å². The lowest BCUT2D eigenvalue weighted by Crippen LogP contribution is -2.15. The highest BCUT2D eigenvalue weighted by Gasteiger charge is 2.26. The highest BCUT2D eigenvalue weighted by atomic mass is 32.2. The van der Waals surface area contributed by atoms with Crippen LogP contribution < -0.4 is 4.72 Å². The molecule has 1 N–H and O–H groups in total. The molecule has 154 valence electrons. The smallest absolute Gasteiger partial charge is 0.266 e. The number of nitrogens with zero attached hydrogens (tertiary/aromatic N) is 4. The first-order valence-electron chi connectivity index (χ1n) is 9.57. The van der Waals surface area contributed by atoms with Gasteiger partial charge in [-0.2, -0.15) is 10.2 Å². The van der Waals surface area contributed by atoms with Crippen LogP contribution in [-0.2, 0) is 16.6 Å². The average molecular weight is 422 g/mol. The van der Waals surface area contributed by atoms with E-state index in [-0.39, 0.29) is 10.7 Å². The summed E-state index contributed by atoms with van der Waals surface area (Å²) < 4.78 is 32.1. The summed E-state index contributed by atoms with van der Waals surface area (Å²) in [6.45, 7) is 6.05. The molecule has 0 unspecified atom stereocenters. The van der Waals surface area contributed by atoms with E-state index in [9.17, 15) is 8.42 Å². The van der Waals surface area contributed by atoms with Crippen molar-refractivity contribution in [2.24, 2.45) is 0 Å². The van der Waals surface area contributed by atoms with Crippen LogP contribution in [-0.4, -0.2) is 28.0 Å². The van der Waals surface area contributed by atoms with Crippen LogP contribution in [0.1, 0.15) is 22.5 Å². The third-order valence-electron chi connectivity index (χ3n) is 4.97. The standard InChI is InChI=1S/C22H23N5O2S/c1-16-9-7-8-10-19(16)15-26-14-13-21(24-26)25-30(28,29)22-17(2)23-27(18(22)3)20-11-5-4-6-12-20/h4-14H,15H2,1-3H3,(H,24,25). The second-order valence-electron chi connectivity index (χ2n) is 7.18. The lowest BCUT2D eigenvalue weighted by molar-refractivity contribution is 0.599. The van der Waals surface area contributed by atoms with E-state index in [1.54, 1.807) is 35.5 Å². The zero-order chi connectivity index (χ0) is 21.3. The Labute approximate surface area is 176 Å². The SMILES string of the molecule is Cc1ccccc1Cn1ccc(NS(=O)(=O)c2c(C)nn(-c3ccccc3)c2C)n1. The summed E-state index contributed by atoms with van der Waals surface area (Å²) in [6.07, 6.45) is 1.76. The van der Waals surface area contributed by atoms with Gasteiger partial charge in [0.1, 0.15) is 4.90 Å². The molecule has 0 amide bonds. The quantitative estimate of drug-likeness (QED) is 0.513. The first-order chi connectivity index (χ1) is 14.3. The van der Waals surface area contributed by atoms with Gasteiger partial charge in [-0.05, 0) is 44.0 Å². The van der Waals surface area contributed by atoms with Gasteiger partial charge in [-0.25, -0.2) is 13.1 Å². The number of rotatable bonds is 6. The molecule has 0 aliphatic rings. The molecule has 2 aromatic heterocycles. The van der Waals surface area contributed by atoms with Gasteiger partial charge in [0.15, 0.2) is 5.82 Å². The molecule has 0 fully saturated rings. The summed E-state index contributed by atoms with van der Waals surface area (Å²) in [5, 5.41) is 8.81. The highest BCUT2D eigenvalue weighted by molar-refractivity contribution is 7.92. The monoisotopic (exact) mass is 421 g/mol. The molecule has 0 spiro atoms. The number of hydrogen-bond donors (Lipinski definition) is 1. The van der Waals surface area contributed by atoms with E-state index in [4.69, 9.17) is 0 Å². The van der Waals surface area contributed by atoms with Gasteiger partial charge in [-0.1, -0.05) is 42.5 Å². The molecule has 30 heavy (non-hydrogen) atoms. The fraction of sp³-hybridized carbons (Fsp3) is 0.182. The van der Waals surface area contributed by atoms with Crippen molar-refractivity contribution in [1.82, 2.24) is 19.6 Å². The molecule has 0 radical (unpaired) electrons. The van der Waals surface area contributed by atoms with Crippen molar-refractivity contribution in [3.05, 3.63) is 89.4 Å². The van der Waals surface area contributed by atoms with Crippen LogP contribution in [0.15, 0.2) is 71.8 Å². The van der Waals surface area contributed by atoms with Gasteiger partial charge in [-0.3, -0.25) is 9.40 Å². The third kappa shape index (κ3) is 3.86. The van der Waals surface area contributed by atoms with Crippen molar-refractivity contribution in [3.8, 4) is 5.69 Å². The molecule has 7 nitrogen and oxygen atoms in total. The predicted octanol–water partition coefficient (Wildman–Crippen LogP) is 3.84. The molecule has 2 heterocycles. The maximum absolute atomic E-state index is 13.1. The van der Waals surface area contributed by atoms with Crippen molar-refractivity contribution >= 4 is 15.8 Å². The molecule has 2 aromatic carbocycles. The molecule has 0 bridgehead atoms. The normalized spacial score (nSPS) is 11.6. The number of benzene rings is 2. The highest BCUT2D eigenvalue weighted by Crippen LogP contribution is 2.24. The predicted molar refractivity (Wildman–Crippen MR) is 116 cm³/mol. The van der Waals surface area contributed by atoms with Crippen molar-refractivity contribution in [3.63, 3.8) is 0 Å². The van der Waals surface area contributed by atoms with Crippen molar-refractivity contribution < 1.29 is 8.42 Å². The molecule has 0 aliphatic heterocycles. The van der Waals surface area contributed by atoms with E-state index in [0.717, 1.165) is 16.8 Å².